The number of anilines is 1. The minimum Gasteiger partial charge on any atom is -0.374 e. The van der Waals surface area contributed by atoms with Crippen LogP contribution in [-0.4, -0.2) is 32.6 Å². The van der Waals surface area contributed by atoms with Crippen LogP contribution < -0.4 is 10.2 Å². The van der Waals surface area contributed by atoms with Gasteiger partial charge in [-0.05, 0) is 37.4 Å². The van der Waals surface area contributed by atoms with Crippen LogP contribution in [0.25, 0.3) is 0 Å². The fourth-order valence-electron chi connectivity index (χ4n) is 1.81. The minimum atomic E-state index is 0.940. The van der Waals surface area contributed by atoms with Crippen molar-refractivity contribution in [2.24, 2.45) is 0 Å². The lowest BCUT2D eigenvalue weighted by atomic mass is 10.1. The molecule has 0 atom stereocenters. The fourth-order valence-corrected chi connectivity index (χ4v) is 2.27. The molecule has 90 valence electrons. The Morgan fingerprint density at radius 1 is 1.38 bits per heavy atom. The highest BCUT2D eigenvalue weighted by Gasteiger charge is 2.04. The van der Waals surface area contributed by atoms with Gasteiger partial charge in [-0.1, -0.05) is 12.1 Å². The van der Waals surface area contributed by atoms with E-state index < -0.39 is 0 Å². The number of nitrogens with zero attached hydrogens (tertiary/aromatic N) is 1. The number of thioether (sulfide) groups is 1. The van der Waals surface area contributed by atoms with Crippen LogP contribution in [0.3, 0.4) is 0 Å². The second-order valence-electron chi connectivity index (χ2n) is 4.07. The fraction of sp³-hybridized carbons (Fsp3) is 0.538. The first-order valence-corrected chi connectivity index (χ1v) is 7.02. The van der Waals surface area contributed by atoms with Gasteiger partial charge >= 0.3 is 0 Å². The molecule has 1 aromatic carbocycles. The van der Waals surface area contributed by atoms with Gasteiger partial charge in [-0.15, -0.1) is 0 Å². The maximum Gasteiger partial charge on any atom is 0.0393 e. The summed E-state index contributed by atoms with van der Waals surface area (Å²) in [7, 11) is 4.14. The zero-order valence-electron chi connectivity index (χ0n) is 10.7. The number of nitrogens with one attached hydrogen (secondary N) is 1. The molecule has 0 amide bonds. The van der Waals surface area contributed by atoms with Gasteiger partial charge in [0.05, 0.1) is 0 Å². The summed E-state index contributed by atoms with van der Waals surface area (Å²) in [5, 5.41) is 3.18. The van der Waals surface area contributed by atoms with Crippen LogP contribution in [0.5, 0.6) is 0 Å². The smallest absolute Gasteiger partial charge is 0.0393 e. The molecule has 1 rings (SSSR count). The van der Waals surface area contributed by atoms with Crippen LogP contribution >= 0.6 is 11.8 Å². The summed E-state index contributed by atoms with van der Waals surface area (Å²) >= 11 is 1.89. The number of rotatable bonds is 6. The van der Waals surface area contributed by atoms with Crippen molar-refractivity contribution in [3.8, 4) is 0 Å². The van der Waals surface area contributed by atoms with Gasteiger partial charge in [-0.25, -0.2) is 0 Å². The summed E-state index contributed by atoms with van der Waals surface area (Å²) in [5.41, 5.74) is 4.05. The van der Waals surface area contributed by atoms with E-state index in [1.165, 1.54) is 22.6 Å². The van der Waals surface area contributed by atoms with Crippen molar-refractivity contribution in [1.82, 2.24) is 5.32 Å². The molecule has 0 saturated carbocycles. The molecule has 0 saturated heterocycles. The molecule has 0 fully saturated rings. The average molecular weight is 238 g/mol. The van der Waals surface area contributed by atoms with E-state index >= 15 is 0 Å². The molecular weight excluding hydrogens is 216 g/mol. The van der Waals surface area contributed by atoms with E-state index in [9.17, 15) is 0 Å². The van der Waals surface area contributed by atoms with E-state index in [4.69, 9.17) is 0 Å². The average Bonchev–Trinajstić information content (AvgIpc) is 2.26. The first-order chi connectivity index (χ1) is 7.69. The molecule has 0 heterocycles. The number of benzene rings is 1. The van der Waals surface area contributed by atoms with Gasteiger partial charge in [0.25, 0.3) is 0 Å². The summed E-state index contributed by atoms with van der Waals surface area (Å²) in [6, 6.07) is 6.69. The molecule has 0 unspecified atom stereocenters. The Morgan fingerprint density at radius 3 is 2.69 bits per heavy atom. The zero-order chi connectivity index (χ0) is 12.0. The maximum absolute atomic E-state index is 3.18. The molecule has 3 heteroatoms. The van der Waals surface area contributed by atoms with Gasteiger partial charge in [0.1, 0.15) is 0 Å². The Labute approximate surface area is 103 Å². The van der Waals surface area contributed by atoms with E-state index in [1.807, 2.05) is 18.8 Å². The van der Waals surface area contributed by atoms with Gasteiger partial charge < -0.3 is 10.2 Å². The molecule has 16 heavy (non-hydrogen) atoms. The largest absolute Gasteiger partial charge is 0.374 e. The van der Waals surface area contributed by atoms with E-state index in [0.717, 1.165) is 13.1 Å². The van der Waals surface area contributed by atoms with Crippen molar-refractivity contribution in [3.05, 3.63) is 29.3 Å². The van der Waals surface area contributed by atoms with Gasteiger partial charge in [-0.2, -0.15) is 11.8 Å². The molecule has 0 aromatic heterocycles. The maximum atomic E-state index is 3.18. The summed E-state index contributed by atoms with van der Waals surface area (Å²) < 4.78 is 0. The standard InChI is InChI=1S/C13H22N2S/c1-11-9-12(10-14-2)5-6-13(11)15(3)7-8-16-4/h5-6,9,14H,7-8,10H2,1-4H3. The third-order valence-electron chi connectivity index (χ3n) is 2.68. The lowest BCUT2D eigenvalue weighted by Gasteiger charge is -2.21. The number of aryl methyl sites for hydroxylation is 1. The van der Waals surface area contributed by atoms with Crippen molar-refractivity contribution in [2.75, 3.05) is 37.5 Å². The normalized spacial score (nSPS) is 10.5. The lowest BCUT2D eigenvalue weighted by molar-refractivity contribution is 0.816. The Balaban J connectivity index is 2.73. The Hall–Kier alpha value is -0.670. The molecule has 0 spiro atoms. The molecule has 0 aliphatic heterocycles. The summed E-state index contributed by atoms with van der Waals surface area (Å²) in [6.45, 7) is 4.23. The Bertz CT molecular complexity index is 326. The quantitative estimate of drug-likeness (QED) is 0.820. The molecule has 0 radical (unpaired) electrons. The van der Waals surface area contributed by atoms with Crippen LogP contribution in [0.1, 0.15) is 11.1 Å². The van der Waals surface area contributed by atoms with Crippen LogP contribution in [0, 0.1) is 6.92 Å². The monoisotopic (exact) mass is 238 g/mol. The van der Waals surface area contributed by atoms with Crippen molar-refractivity contribution < 1.29 is 0 Å². The van der Waals surface area contributed by atoms with E-state index in [1.54, 1.807) is 0 Å². The van der Waals surface area contributed by atoms with Crippen LogP contribution in [0.15, 0.2) is 18.2 Å². The molecule has 0 bridgehead atoms. The second-order valence-corrected chi connectivity index (χ2v) is 5.05. The van der Waals surface area contributed by atoms with Gasteiger partial charge in [0.15, 0.2) is 0 Å². The van der Waals surface area contributed by atoms with E-state index in [-0.39, 0.29) is 0 Å². The molecule has 0 aliphatic rings. The third-order valence-corrected chi connectivity index (χ3v) is 3.27. The van der Waals surface area contributed by atoms with Gasteiger partial charge in [0.2, 0.25) is 0 Å². The molecular formula is C13H22N2S. The highest BCUT2D eigenvalue weighted by atomic mass is 32.2. The highest BCUT2D eigenvalue weighted by molar-refractivity contribution is 7.98. The van der Waals surface area contributed by atoms with Gasteiger partial charge in [0, 0.05) is 31.6 Å². The van der Waals surface area contributed by atoms with Crippen molar-refractivity contribution in [2.45, 2.75) is 13.5 Å². The van der Waals surface area contributed by atoms with Crippen LogP contribution in [0.4, 0.5) is 5.69 Å². The van der Waals surface area contributed by atoms with Crippen LogP contribution in [0.2, 0.25) is 0 Å². The van der Waals surface area contributed by atoms with Crippen molar-refractivity contribution in [1.29, 1.82) is 0 Å². The first-order valence-electron chi connectivity index (χ1n) is 5.63. The number of hydrogen-bond donors (Lipinski definition) is 1. The lowest BCUT2D eigenvalue weighted by Crippen LogP contribution is -2.21. The SMILES string of the molecule is CNCc1ccc(N(C)CCSC)c(C)c1. The number of hydrogen-bond acceptors (Lipinski definition) is 3. The molecule has 2 nitrogen and oxygen atoms in total. The highest BCUT2D eigenvalue weighted by Crippen LogP contribution is 2.20. The Kier molecular flexibility index (Phi) is 5.71. The molecule has 1 aromatic rings. The van der Waals surface area contributed by atoms with Crippen LogP contribution in [-0.2, 0) is 6.54 Å². The van der Waals surface area contributed by atoms with Gasteiger partial charge in [-0.3, -0.25) is 0 Å². The second kappa shape index (κ2) is 6.81. The first kappa shape index (κ1) is 13.4. The zero-order valence-corrected chi connectivity index (χ0v) is 11.5. The summed E-state index contributed by atoms with van der Waals surface area (Å²) in [6.07, 6.45) is 2.15. The van der Waals surface area contributed by atoms with E-state index in [2.05, 4.69) is 48.6 Å². The predicted octanol–water partition coefficient (Wildman–Crippen LogP) is 2.51. The van der Waals surface area contributed by atoms with Crippen molar-refractivity contribution >= 4 is 17.4 Å². The Morgan fingerprint density at radius 2 is 2.12 bits per heavy atom. The van der Waals surface area contributed by atoms with E-state index in [0.29, 0.717) is 0 Å². The van der Waals surface area contributed by atoms with Crippen molar-refractivity contribution in [3.63, 3.8) is 0 Å². The predicted molar refractivity (Wildman–Crippen MR) is 75.6 cm³/mol. The minimum absolute atomic E-state index is 0.940. The molecule has 1 N–H and O–H groups in total. The summed E-state index contributed by atoms with van der Waals surface area (Å²) in [5.74, 6) is 1.17. The summed E-state index contributed by atoms with van der Waals surface area (Å²) in [4.78, 5) is 2.33. The third kappa shape index (κ3) is 3.72. The topological polar surface area (TPSA) is 15.3 Å². The molecule has 0 aliphatic carbocycles.